The molecular weight excluding hydrogens is 330 g/mol. The minimum absolute atomic E-state index is 0.219. The van der Waals surface area contributed by atoms with Gasteiger partial charge in [0.25, 0.3) is 5.91 Å². The molecule has 2 heterocycles. The van der Waals surface area contributed by atoms with Crippen LogP contribution in [-0.4, -0.2) is 15.9 Å². The van der Waals surface area contributed by atoms with Crippen LogP contribution in [0, 0.1) is 6.92 Å². The van der Waals surface area contributed by atoms with E-state index in [2.05, 4.69) is 34.3 Å². The van der Waals surface area contributed by atoms with Crippen LogP contribution < -0.4 is 5.32 Å². The lowest BCUT2D eigenvalue weighted by Gasteiger charge is -2.05. The van der Waals surface area contributed by atoms with E-state index in [1.54, 1.807) is 35.7 Å². The largest absolute Gasteiger partial charge is 0.321 e. The van der Waals surface area contributed by atoms with E-state index >= 15 is 0 Å². The van der Waals surface area contributed by atoms with Gasteiger partial charge in [-0.2, -0.15) is 0 Å². The summed E-state index contributed by atoms with van der Waals surface area (Å²) in [5.74, 6) is -0.219. The van der Waals surface area contributed by atoms with Gasteiger partial charge in [0.05, 0.1) is 10.2 Å². The van der Waals surface area contributed by atoms with Crippen LogP contribution in [0.4, 0.5) is 5.69 Å². The van der Waals surface area contributed by atoms with Crippen molar-refractivity contribution in [2.75, 3.05) is 5.32 Å². The van der Waals surface area contributed by atoms with E-state index in [4.69, 9.17) is 0 Å². The van der Waals surface area contributed by atoms with Gasteiger partial charge in [0.2, 0.25) is 0 Å². The van der Waals surface area contributed by atoms with E-state index in [0.717, 1.165) is 21.8 Å². The van der Waals surface area contributed by atoms with Crippen LogP contribution in [0.25, 0.3) is 20.8 Å². The molecule has 0 fully saturated rings. The smallest absolute Gasteiger partial charge is 0.274 e. The van der Waals surface area contributed by atoms with Crippen LogP contribution >= 0.6 is 11.3 Å². The van der Waals surface area contributed by atoms with Crippen LogP contribution in [0.1, 0.15) is 16.1 Å². The van der Waals surface area contributed by atoms with Gasteiger partial charge in [0.1, 0.15) is 10.7 Å². The molecule has 2 aromatic carbocycles. The highest BCUT2D eigenvalue weighted by atomic mass is 32.1. The van der Waals surface area contributed by atoms with Crippen molar-refractivity contribution < 1.29 is 4.79 Å². The fourth-order valence-corrected chi connectivity index (χ4v) is 3.61. The second kappa shape index (κ2) is 6.45. The number of anilines is 1. The van der Waals surface area contributed by atoms with E-state index in [-0.39, 0.29) is 5.91 Å². The molecule has 2 aromatic heterocycles. The zero-order chi connectivity index (χ0) is 17.2. The van der Waals surface area contributed by atoms with E-state index in [1.807, 2.05) is 30.3 Å². The number of fused-ring (bicyclic) bond motifs is 1. The van der Waals surface area contributed by atoms with Crippen LogP contribution in [0.2, 0.25) is 0 Å². The van der Waals surface area contributed by atoms with Gasteiger partial charge in [-0.15, -0.1) is 11.3 Å². The molecule has 0 unspecified atom stereocenters. The lowest BCUT2D eigenvalue weighted by molar-refractivity contribution is 0.102. The number of nitrogens with one attached hydrogen (secondary N) is 1. The molecule has 1 N–H and O–H groups in total. The number of carbonyl (C=O) groups is 1. The first-order chi connectivity index (χ1) is 12.2. The molecule has 0 aliphatic heterocycles. The second-order valence-electron chi connectivity index (χ2n) is 5.74. The van der Waals surface area contributed by atoms with Gasteiger partial charge in [0.15, 0.2) is 0 Å². The Bertz CT molecular complexity index is 1040. The summed E-state index contributed by atoms with van der Waals surface area (Å²) in [6.07, 6.45) is 1.60. The number of amides is 1. The monoisotopic (exact) mass is 345 g/mol. The highest BCUT2D eigenvalue weighted by Crippen LogP contribution is 2.31. The van der Waals surface area contributed by atoms with Crippen molar-refractivity contribution in [3.05, 3.63) is 78.1 Å². The van der Waals surface area contributed by atoms with E-state index < -0.39 is 0 Å². The van der Waals surface area contributed by atoms with Gasteiger partial charge in [0, 0.05) is 17.4 Å². The third-order valence-electron chi connectivity index (χ3n) is 3.83. The number of hydrogen-bond donors (Lipinski definition) is 1. The van der Waals surface area contributed by atoms with Gasteiger partial charge < -0.3 is 5.32 Å². The van der Waals surface area contributed by atoms with Crippen molar-refractivity contribution in [3.63, 3.8) is 0 Å². The lowest BCUT2D eigenvalue weighted by Crippen LogP contribution is -2.13. The molecule has 0 aliphatic rings. The Labute approximate surface area is 149 Å². The summed E-state index contributed by atoms with van der Waals surface area (Å²) in [7, 11) is 0. The first kappa shape index (κ1) is 15.5. The van der Waals surface area contributed by atoms with Crippen molar-refractivity contribution in [2.45, 2.75) is 6.92 Å². The Morgan fingerprint density at radius 3 is 2.64 bits per heavy atom. The van der Waals surface area contributed by atoms with Gasteiger partial charge in [-0.25, -0.2) is 4.98 Å². The maximum Gasteiger partial charge on any atom is 0.274 e. The molecule has 0 saturated carbocycles. The predicted octanol–water partition coefficient (Wildman–Crippen LogP) is 4.92. The molecule has 25 heavy (non-hydrogen) atoms. The molecule has 1 amide bonds. The summed E-state index contributed by atoms with van der Waals surface area (Å²) < 4.78 is 1.18. The number of hydrogen-bond acceptors (Lipinski definition) is 4. The van der Waals surface area contributed by atoms with Crippen molar-refractivity contribution in [1.82, 2.24) is 9.97 Å². The summed E-state index contributed by atoms with van der Waals surface area (Å²) in [4.78, 5) is 20.9. The Balaban J connectivity index is 1.56. The van der Waals surface area contributed by atoms with Gasteiger partial charge in [-0.3, -0.25) is 9.78 Å². The predicted molar refractivity (Wildman–Crippen MR) is 102 cm³/mol. The molecule has 0 radical (unpaired) electrons. The van der Waals surface area contributed by atoms with Crippen LogP contribution in [0.15, 0.2) is 66.9 Å². The highest BCUT2D eigenvalue weighted by molar-refractivity contribution is 7.21. The Kier molecular flexibility index (Phi) is 3.99. The first-order valence-corrected chi connectivity index (χ1v) is 8.71. The van der Waals surface area contributed by atoms with Gasteiger partial charge >= 0.3 is 0 Å². The van der Waals surface area contributed by atoms with E-state index in [0.29, 0.717) is 5.69 Å². The van der Waals surface area contributed by atoms with Crippen LogP contribution in [0.3, 0.4) is 0 Å². The first-order valence-electron chi connectivity index (χ1n) is 7.89. The summed E-state index contributed by atoms with van der Waals surface area (Å²) in [5, 5.41) is 3.83. The standard InChI is InChI=1S/C20H15N3OS/c1-13-5-10-16-18(12-13)25-20(23-16)14-6-8-15(9-7-14)22-19(24)17-4-2-3-11-21-17/h2-12H,1H3,(H,22,24). The molecule has 5 heteroatoms. The highest BCUT2D eigenvalue weighted by Gasteiger charge is 2.09. The third-order valence-corrected chi connectivity index (χ3v) is 4.90. The topological polar surface area (TPSA) is 54.9 Å². The van der Waals surface area contributed by atoms with Crippen molar-refractivity contribution in [1.29, 1.82) is 0 Å². The molecule has 4 rings (SSSR count). The normalized spacial score (nSPS) is 10.8. The average Bonchev–Trinajstić information content (AvgIpc) is 3.06. The van der Waals surface area contributed by atoms with Crippen molar-refractivity contribution >= 4 is 33.1 Å². The molecule has 0 bridgehead atoms. The van der Waals surface area contributed by atoms with Gasteiger partial charge in [-0.1, -0.05) is 12.1 Å². The molecule has 0 saturated heterocycles. The number of pyridine rings is 1. The average molecular weight is 345 g/mol. The zero-order valence-electron chi connectivity index (χ0n) is 13.6. The second-order valence-corrected chi connectivity index (χ2v) is 6.77. The van der Waals surface area contributed by atoms with Crippen LogP contribution in [-0.2, 0) is 0 Å². The zero-order valence-corrected chi connectivity index (χ0v) is 14.4. The molecule has 0 atom stereocenters. The molecule has 0 spiro atoms. The minimum atomic E-state index is -0.219. The lowest BCUT2D eigenvalue weighted by atomic mass is 10.2. The maximum absolute atomic E-state index is 12.1. The minimum Gasteiger partial charge on any atom is -0.321 e. The fraction of sp³-hybridized carbons (Fsp3) is 0.0500. The summed E-state index contributed by atoms with van der Waals surface area (Å²) in [5.41, 5.74) is 4.41. The summed E-state index contributed by atoms with van der Waals surface area (Å²) >= 11 is 1.67. The SMILES string of the molecule is Cc1ccc2nc(-c3ccc(NC(=O)c4ccccn4)cc3)sc2c1. The molecule has 4 aromatic rings. The fourth-order valence-electron chi connectivity index (χ4n) is 2.54. The van der Waals surface area contributed by atoms with Gasteiger partial charge in [-0.05, 0) is 61.0 Å². The number of aromatic nitrogens is 2. The summed E-state index contributed by atoms with van der Waals surface area (Å²) in [6, 6.07) is 19.2. The molecule has 122 valence electrons. The van der Waals surface area contributed by atoms with E-state index in [1.165, 1.54) is 10.3 Å². The number of aryl methyl sites for hydroxylation is 1. The molecule has 4 nitrogen and oxygen atoms in total. The number of carbonyl (C=O) groups excluding carboxylic acids is 1. The van der Waals surface area contributed by atoms with E-state index in [9.17, 15) is 4.79 Å². The Hall–Kier alpha value is -3.05. The molecular formula is C20H15N3OS. The number of nitrogens with zero attached hydrogens (tertiary/aromatic N) is 2. The number of benzene rings is 2. The maximum atomic E-state index is 12.1. The number of rotatable bonds is 3. The third kappa shape index (κ3) is 3.27. The summed E-state index contributed by atoms with van der Waals surface area (Å²) in [6.45, 7) is 2.08. The quantitative estimate of drug-likeness (QED) is 0.573. The molecule has 0 aliphatic carbocycles. The number of thiazole rings is 1. The Morgan fingerprint density at radius 2 is 1.88 bits per heavy atom. The van der Waals surface area contributed by atoms with Crippen LogP contribution in [0.5, 0.6) is 0 Å². The van der Waals surface area contributed by atoms with Crippen molar-refractivity contribution in [2.24, 2.45) is 0 Å². The van der Waals surface area contributed by atoms with Crippen molar-refractivity contribution in [3.8, 4) is 10.6 Å². The Morgan fingerprint density at radius 1 is 1.04 bits per heavy atom.